The first-order chi connectivity index (χ1) is 12.6. The lowest BCUT2D eigenvalue weighted by molar-refractivity contribution is 0.376. The van der Waals surface area contributed by atoms with E-state index in [1.54, 1.807) is 19.2 Å². The molecule has 1 heterocycles. The van der Waals surface area contributed by atoms with E-state index in [0.717, 1.165) is 16.8 Å². The molecule has 2 N–H and O–H groups in total. The van der Waals surface area contributed by atoms with Crippen molar-refractivity contribution in [2.24, 2.45) is 0 Å². The lowest BCUT2D eigenvalue weighted by atomic mass is 10.1. The molecule has 0 fully saturated rings. The van der Waals surface area contributed by atoms with Crippen LogP contribution in [0.3, 0.4) is 0 Å². The first kappa shape index (κ1) is 18.2. The molecule has 0 saturated carbocycles. The number of nitrogens with zero attached hydrogens (tertiary/aromatic N) is 2. The van der Waals surface area contributed by atoms with E-state index in [2.05, 4.69) is 20.8 Å². The van der Waals surface area contributed by atoms with Gasteiger partial charge in [-0.1, -0.05) is 41.0 Å². The Morgan fingerprint density at radius 2 is 2.08 bits per heavy atom. The summed E-state index contributed by atoms with van der Waals surface area (Å²) in [5, 5.41) is 11.0. The van der Waals surface area contributed by atoms with Gasteiger partial charge in [0.2, 0.25) is 11.7 Å². The minimum absolute atomic E-state index is 0.314. The van der Waals surface area contributed by atoms with Gasteiger partial charge in [-0.3, -0.25) is 0 Å². The van der Waals surface area contributed by atoms with Gasteiger partial charge in [0.1, 0.15) is 5.75 Å². The van der Waals surface area contributed by atoms with E-state index in [4.69, 9.17) is 33.1 Å². The van der Waals surface area contributed by atoms with E-state index in [1.165, 1.54) is 0 Å². The van der Waals surface area contributed by atoms with Crippen molar-refractivity contribution in [2.75, 3.05) is 12.4 Å². The number of hydrogen-bond acceptors (Lipinski definition) is 5. The van der Waals surface area contributed by atoms with Crippen molar-refractivity contribution < 1.29 is 9.26 Å². The second kappa shape index (κ2) is 8.16. The zero-order valence-corrected chi connectivity index (χ0v) is 15.8. The fraction of sp³-hybridized carbons (Fsp3) is 0.167. The summed E-state index contributed by atoms with van der Waals surface area (Å²) in [4.78, 5) is 4.39. The molecule has 26 heavy (non-hydrogen) atoms. The Hall–Kier alpha value is -2.64. The van der Waals surface area contributed by atoms with Gasteiger partial charge in [-0.05, 0) is 42.9 Å². The zero-order chi connectivity index (χ0) is 18.5. The van der Waals surface area contributed by atoms with Gasteiger partial charge in [-0.2, -0.15) is 4.98 Å². The van der Waals surface area contributed by atoms with Crippen LogP contribution in [0.1, 0.15) is 11.5 Å². The maximum absolute atomic E-state index is 6.10. The van der Waals surface area contributed by atoms with E-state index >= 15 is 0 Å². The second-order valence-electron chi connectivity index (χ2n) is 5.48. The highest BCUT2D eigenvalue weighted by Crippen LogP contribution is 2.27. The quantitative estimate of drug-likeness (QED) is 0.635. The molecule has 3 aromatic rings. The largest absolute Gasteiger partial charge is 0.495 e. The molecular formula is C18H17ClN4O2S. The third-order valence-corrected chi connectivity index (χ3v) is 4.21. The molecule has 0 aliphatic rings. The standard InChI is InChI=1S/C18H17ClN4O2S/c1-11-5-3-4-6-13(11)17-22-16(25-23-17)10-20-18(26)21-12-7-8-15(24-2)14(19)9-12/h3-9H,10H2,1-2H3,(H2,20,21,26). The lowest BCUT2D eigenvalue weighted by Crippen LogP contribution is -2.28. The topological polar surface area (TPSA) is 72.2 Å². The Bertz CT molecular complexity index is 929. The van der Waals surface area contributed by atoms with Crippen molar-refractivity contribution in [3.8, 4) is 17.1 Å². The minimum atomic E-state index is 0.314. The molecule has 0 aliphatic heterocycles. The molecule has 134 valence electrons. The highest BCUT2D eigenvalue weighted by molar-refractivity contribution is 7.80. The average Bonchev–Trinajstić information content (AvgIpc) is 3.09. The molecule has 0 aliphatic carbocycles. The first-order valence-corrected chi connectivity index (χ1v) is 8.62. The number of benzene rings is 2. The monoisotopic (exact) mass is 388 g/mol. The molecule has 0 radical (unpaired) electrons. The highest BCUT2D eigenvalue weighted by atomic mass is 35.5. The lowest BCUT2D eigenvalue weighted by Gasteiger charge is -2.10. The maximum atomic E-state index is 6.10. The Morgan fingerprint density at radius 1 is 1.27 bits per heavy atom. The Morgan fingerprint density at radius 3 is 2.81 bits per heavy atom. The third kappa shape index (κ3) is 4.30. The van der Waals surface area contributed by atoms with Gasteiger partial charge in [-0.25, -0.2) is 0 Å². The normalized spacial score (nSPS) is 10.4. The smallest absolute Gasteiger partial charge is 0.246 e. The summed E-state index contributed by atoms with van der Waals surface area (Å²) in [6, 6.07) is 13.2. The molecule has 0 amide bonds. The molecule has 0 unspecified atom stereocenters. The molecule has 3 rings (SSSR count). The summed E-state index contributed by atoms with van der Waals surface area (Å²) in [6.07, 6.45) is 0. The van der Waals surface area contributed by atoms with Crippen molar-refractivity contribution in [1.29, 1.82) is 0 Å². The van der Waals surface area contributed by atoms with Gasteiger partial charge in [0.05, 0.1) is 18.7 Å². The number of halogens is 1. The molecular weight excluding hydrogens is 372 g/mol. The number of hydrogen-bond donors (Lipinski definition) is 2. The fourth-order valence-electron chi connectivity index (χ4n) is 2.34. The van der Waals surface area contributed by atoms with Crippen molar-refractivity contribution in [1.82, 2.24) is 15.5 Å². The van der Waals surface area contributed by atoms with Crippen LogP contribution in [0.2, 0.25) is 5.02 Å². The predicted octanol–water partition coefficient (Wildman–Crippen LogP) is 4.19. The van der Waals surface area contributed by atoms with Gasteiger partial charge < -0.3 is 19.9 Å². The summed E-state index contributed by atoms with van der Waals surface area (Å²) >= 11 is 11.4. The Labute approximate surface area is 161 Å². The predicted molar refractivity (Wildman–Crippen MR) is 106 cm³/mol. The number of nitrogens with one attached hydrogen (secondary N) is 2. The number of aryl methyl sites for hydroxylation is 1. The maximum Gasteiger partial charge on any atom is 0.246 e. The number of thiocarbonyl (C=S) groups is 1. The van der Waals surface area contributed by atoms with E-state index in [1.807, 2.05) is 37.3 Å². The summed E-state index contributed by atoms with van der Waals surface area (Å²) in [5.41, 5.74) is 2.77. The van der Waals surface area contributed by atoms with Gasteiger partial charge in [0, 0.05) is 11.3 Å². The fourth-order valence-corrected chi connectivity index (χ4v) is 2.78. The molecule has 6 nitrogen and oxygen atoms in total. The van der Waals surface area contributed by atoms with E-state index in [-0.39, 0.29) is 0 Å². The molecule has 8 heteroatoms. The second-order valence-corrected chi connectivity index (χ2v) is 6.30. The van der Waals surface area contributed by atoms with Crippen LogP contribution >= 0.6 is 23.8 Å². The number of ether oxygens (including phenoxy) is 1. The Balaban J connectivity index is 1.58. The van der Waals surface area contributed by atoms with Crippen LogP contribution in [-0.2, 0) is 6.54 Å². The van der Waals surface area contributed by atoms with Crippen LogP contribution in [0.4, 0.5) is 5.69 Å². The molecule has 0 atom stereocenters. The van der Waals surface area contributed by atoms with Crippen LogP contribution in [0.15, 0.2) is 47.0 Å². The SMILES string of the molecule is COc1ccc(NC(=S)NCc2nc(-c3ccccc3C)no2)cc1Cl. The van der Waals surface area contributed by atoms with Crippen molar-refractivity contribution in [2.45, 2.75) is 13.5 Å². The summed E-state index contributed by atoms with van der Waals surface area (Å²) in [7, 11) is 1.57. The van der Waals surface area contributed by atoms with Crippen LogP contribution in [0.25, 0.3) is 11.4 Å². The van der Waals surface area contributed by atoms with Crippen molar-refractivity contribution in [3.63, 3.8) is 0 Å². The third-order valence-electron chi connectivity index (χ3n) is 3.66. The van der Waals surface area contributed by atoms with Crippen molar-refractivity contribution in [3.05, 3.63) is 58.9 Å². The van der Waals surface area contributed by atoms with Gasteiger partial charge in [0.25, 0.3) is 0 Å². The van der Waals surface area contributed by atoms with Crippen LogP contribution in [0.5, 0.6) is 5.75 Å². The van der Waals surface area contributed by atoms with E-state index in [9.17, 15) is 0 Å². The Kier molecular flexibility index (Phi) is 5.70. The van der Waals surface area contributed by atoms with Gasteiger partial charge in [0.15, 0.2) is 5.11 Å². The number of aromatic nitrogens is 2. The first-order valence-electron chi connectivity index (χ1n) is 7.84. The summed E-state index contributed by atoms with van der Waals surface area (Å²) in [5.74, 6) is 1.60. The molecule has 0 spiro atoms. The number of methoxy groups -OCH3 is 1. The van der Waals surface area contributed by atoms with Gasteiger partial charge >= 0.3 is 0 Å². The average molecular weight is 389 g/mol. The van der Waals surface area contributed by atoms with E-state index < -0.39 is 0 Å². The van der Waals surface area contributed by atoms with Crippen molar-refractivity contribution >= 4 is 34.6 Å². The number of rotatable bonds is 5. The van der Waals surface area contributed by atoms with Crippen LogP contribution in [-0.4, -0.2) is 22.4 Å². The molecule has 2 aromatic carbocycles. The molecule has 0 bridgehead atoms. The zero-order valence-electron chi connectivity index (χ0n) is 14.2. The number of anilines is 1. The summed E-state index contributed by atoms with van der Waals surface area (Å²) < 4.78 is 10.4. The van der Waals surface area contributed by atoms with Gasteiger partial charge in [-0.15, -0.1) is 0 Å². The van der Waals surface area contributed by atoms with Crippen LogP contribution in [0, 0.1) is 6.92 Å². The highest BCUT2D eigenvalue weighted by Gasteiger charge is 2.11. The van der Waals surface area contributed by atoms with Crippen LogP contribution < -0.4 is 15.4 Å². The molecule has 1 aromatic heterocycles. The summed E-state index contributed by atoms with van der Waals surface area (Å²) in [6.45, 7) is 2.32. The molecule has 0 saturated heterocycles. The minimum Gasteiger partial charge on any atom is -0.495 e. The van der Waals surface area contributed by atoms with E-state index in [0.29, 0.717) is 34.1 Å².